The number of hydrogen-bond acceptors (Lipinski definition) is 2. The van der Waals surface area contributed by atoms with Gasteiger partial charge in [0.2, 0.25) is 0 Å². The van der Waals surface area contributed by atoms with Gasteiger partial charge in [-0.25, -0.2) is 0 Å². The van der Waals surface area contributed by atoms with E-state index in [1.54, 1.807) is 6.08 Å². The molecule has 0 aliphatic carbocycles. The van der Waals surface area contributed by atoms with E-state index in [1.165, 1.54) is 18.6 Å². The standard InChI is InChI=1S/C8H14O.C8H12O/c1-3-5-6-7-8(9)4-2;1-2-3-4-5-6-7-8-9/h4H,2-3,5-7H2,1H3;4-8H,2-3H2,1H3. The van der Waals surface area contributed by atoms with Gasteiger partial charge in [-0.05, 0) is 25.0 Å². The zero-order valence-corrected chi connectivity index (χ0v) is 11.7. The molecule has 2 heteroatoms. The number of ketones is 1. The Morgan fingerprint density at radius 2 is 1.78 bits per heavy atom. The molecule has 0 saturated carbocycles. The van der Waals surface area contributed by atoms with E-state index in [1.807, 2.05) is 12.2 Å². The largest absolute Gasteiger partial charge is 0.299 e. The van der Waals surface area contributed by atoms with Gasteiger partial charge in [0.1, 0.15) is 6.29 Å². The Kier molecular flexibility index (Phi) is 18.8. The third kappa shape index (κ3) is 20.0. The van der Waals surface area contributed by atoms with Crippen LogP contribution in [0.15, 0.2) is 37.0 Å². The second kappa shape index (κ2) is 17.9. The number of unbranched alkanes of at least 4 members (excludes halogenated alkanes) is 3. The lowest BCUT2D eigenvalue weighted by atomic mass is 10.1. The van der Waals surface area contributed by atoms with Gasteiger partial charge in [-0.1, -0.05) is 57.9 Å². The van der Waals surface area contributed by atoms with E-state index < -0.39 is 0 Å². The molecule has 0 fully saturated rings. The van der Waals surface area contributed by atoms with Crippen LogP contribution in [-0.2, 0) is 9.59 Å². The number of allylic oxidation sites excluding steroid dienone is 5. The highest BCUT2D eigenvalue weighted by atomic mass is 16.1. The van der Waals surface area contributed by atoms with Crippen molar-refractivity contribution in [3.63, 3.8) is 0 Å². The number of rotatable bonds is 9. The fraction of sp³-hybridized carbons (Fsp3) is 0.500. The van der Waals surface area contributed by atoms with Crippen LogP contribution in [-0.4, -0.2) is 12.1 Å². The summed E-state index contributed by atoms with van der Waals surface area (Å²) in [5, 5.41) is 0. The SMILES string of the molecule is C=CC(=O)CCCCC.CCCC=CC=CC=O. The summed E-state index contributed by atoms with van der Waals surface area (Å²) in [6.07, 6.45) is 15.6. The molecule has 0 amide bonds. The van der Waals surface area contributed by atoms with E-state index in [0.717, 1.165) is 32.0 Å². The van der Waals surface area contributed by atoms with Crippen molar-refractivity contribution in [3.8, 4) is 0 Å². The number of carbonyl (C=O) groups is 2. The van der Waals surface area contributed by atoms with E-state index >= 15 is 0 Å². The van der Waals surface area contributed by atoms with Crippen LogP contribution in [0.5, 0.6) is 0 Å². The lowest BCUT2D eigenvalue weighted by molar-refractivity contribution is -0.114. The molecule has 0 aliphatic rings. The van der Waals surface area contributed by atoms with Crippen molar-refractivity contribution < 1.29 is 9.59 Å². The van der Waals surface area contributed by atoms with Crippen molar-refractivity contribution in [3.05, 3.63) is 37.0 Å². The Bertz CT molecular complexity index is 262. The average Bonchev–Trinajstić information content (AvgIpc) is 2.39. The van der Waals surface area contributed by atoms with E-state index in [-0.39, 0.29) is 5.78 Å². The minimum atomic E-state index is 0.170. The number of hydrogen-bond donors (Lipinski definition) is 0. The zero-order chi connectivity index (χ0) is 14.1. The van der Waals surface area contributed by atoms with Crippen LogP contribution in [0.2, 0.25) is 0 Å². The number of carbonyl (C=O) groups excluding carboxylic acids is 2. The van der Waals surface area contributed by atoms with Crippen LogP contribution in [0.25, 0.3) is 0 Å². The number of aldehydes is 1. The fourth-order valence-electron chi connectivity index (χ4n) is 1.10. The molecular weight excluding hydrogens is 224 g/mol. The normalized spacial score (nSPS) is 10.1. The molecule has 102 valence electrons. The molecule has 0 rings (SSSR count). The van der Waals surface area contributed by atoms with Crippen molar-refractivity contribution in [2.24, 2.45) is 0 Å². The minimum absolute atomic E-state index is 0.170. The first-order valence-corrected chi connectivity index (χ1v) is 6.65. The van der Waals surface area contributed by atoms with Crippen LogP contribution in [0, 0.1) is 0 Å². The minimum Gasteiger partial charge on any atom is -0.299 e. The highest BCUT2D eigenvalue weighted by molar-refractivity contribution is 5.88. The predicted octanol–water partition coefficient (Wildman–Crippen LogP) is 4.42. The third-order valence-corrected chi connectivity index (χ3v) is 2.15. The van der Waals surface area contributed by atoms with Crippen LogP contribution >= 0.6 is 0 Å². The first kappa shape index (κ1) is 18.9. The maximum atomic E-state index is 10.6. The Hall–Kier alpha value is -1.44. The summed E-state index contributed by atoms with van der Waals surface area (Å²) in [6.45, 7) is 7.63. The molecule has 0 aromatic rings. The molecule has 18 heavy (non-hydrogen) atoms. The second-order valence-electron chi connectivity index (χ2n) is 3.87. The molecular formula is C16H26O2. The maximum absolute atomic E-state index is 10.6. The Morgan fingerprint density at radius 1 is 1.06 bits per heavy atom. The fourth-order valence-corrected chi connectivity index (χ4v) is 1.10. The summed E-state index contributed by atoms with van der Waals surface area (Å²) in [5.41, 5.74) is 0. The van der Waals surface area contributed by atoms with Gasteiger partial charge in [0.15, 0.2) is 5.78 Å². The summed E-state index contributed by atoms with van der Waals surface area (Å²) >= 11 is 0. The molecule has 0 unspecified atom stereocenters. The van der Waals surface area contributed by atoms with Gasteiger partial charge in [0.05, 0.1) is 0 Å². The molecule has 0 radical (unpaired) electrons. The van der Waals surface area contributed by atoms with E-state index in [4.69, 9.17) is 0 Å². The Balaban J connectivity index is 0. The smallest absolute Gasteiger partial charge is 0.155 e. The summed E-state index contributed by atoms with van der Waals surface area (Å²) < 4.78 is 0. The lowest BCUT2D eigenvalue weighted by Gasteiger charge is -1.91. The first-order valence-electron chi connectivity index (χ1n) is 6.65. The highest BCUT2D eigenvalue weighted by Gasteiger charge is 1.92. The van der Waals surface area contributed by atoms with Gasteiger partial charge in [0, 0.05) is 6.42 Å². The van der Waals surface area contributed by atoms with Gasteiger partial charge in [0.25, 0.3) is 0 Å². The van der Waals surface area contributed by atoms with Crippen molar-refractivity contribution in [2.45, 2.75) is 52.4 Å². The van der Waals surface area contributed by atoms with Crippen molar-refractivity contribution in [1.29, 1.82) is 0 Å². The van der Waals surface area contributed by atoms with Crippen molar-refractivity contribution in [2.75, 3.05) is 0 Å². The summed E-state index contributed by atoms with van der Waals surface area (Å²) in [4.78, 5) is 20.3. The summed E-state index contributed by atoms with van der Waals surface area (Å²) in [7, 11) is 0. The van der Waals surface area contributed by atoms with Crippen LogP contribution in [0.1, 0.15) is 52.4 Å². The maximum Gasteiger partial charge on any atom is 0.155 e. The van der Waals surface area contributed by atoms with Crippen LogP contribution in [0.3, 0.4) is 0 Å². The quantitative estimate of drug-likeness (QED) is 0.263. The van der Waals surface area contributed by atoms with Gasteiger partial charge in [-0.2, -0.15) is 0 Å². The molecule has 0 aliphatic heterocycles. The molecule has 0 atom stereocenters. The van der Waals surface area contributed by atoms with Crippen LogP contribution in [0.4, 0.5) is 0 Å². The Morgan fingerprint density at radius 3 is 2.28 bits per heavy atom. The molecule has 0 saturated heterocycles. The molecule has 0 N–H and O–H groups in total. The molecule has 0 aromatic carbocycles. The summed E-state index contributed by atoms with van der Waals surface area (Å²) in [5.74, 6) is 0.170. The predicted molar refractivity (Wildman–Crippen MR) is 78.6 cm³/mol. The summed E-state index contributed by atoms with van der Waals surface area (Å²) in [6, 6.07) is 0. The third-order valence-electron chi connectivity index (χ3n) is 2.15. The molecule has 0 spiro atoms. The van der Waals surface area contributed by atoms with Crippen molar-refractivity contribution >= 4 is 12.1 Å². The molecule has 0 aromatic heterocycles. The van der Waals surface area contributed by atoms with Gasteiger partial charge >= 0.3 is 0 Å². The first-order chi connectivity index (χ1) is 8.72. The van der Waals surface area contributed by atoms with Crippen molar-refractivity contribution in [1.82, 2.24) is 0 Å². The van der Waals surface area contributed by atoms with Gasteiger partial charge in [-0.3, -0.25) is 9.59 Å². The van der Waals surface area contributed by atoms with Gasteiger partial charge < -0.3 is 0 Å². The topological polar surface area (TPSA) is 34.1 Å². The Labute approximate surface area is 111 Å². The lowest BCUT2D eigenvalue weighted by Crippen LogP contribution is -1.90. The van der Waals surface area contributed by atoms with Crippen LogP contribution < -0.4 is 0 Å². The molecule has 0 heterocycles. The van der Waals surface area contributed by atoms with Gasteiger partial charge in [-0.15, -0.1) is 0 Å². The van der Waals surface area contributed by atoms with E-state index in [2.05, 4.69) is 20.4 Å². The molecule has 0 bridgehead atoms. The molecule has 2 nitrogen and oxygen atoms in total. The monoisotopic (exact) mass is 250 g/mol. The zero-order valence-electron chi connectivity index (χ0n) is 11.7. The van der Waals surface area contributed by atoms with E-state index in [9.17, 15) is 9.59 Å². The van der Waals surface area contributed by atoms with E-state index in [0.29, 0.717) is 6.42 Å². The second-order valence-corrected chi connectivity index (χ2v) is 3.87. The highest BCUT2D eigenvalue weighted by Crippen LogP contribution is 1.99. The average molecular weight is 250 g/mol.